The lowest BCUT2D eigenvalue weighted by molar-refractivity contribution is 0.0890. The number of hydrogen-bond acceptors (Lipinski definition) is 3. The van der Waals surface area contributed by atoms with Crippen molar-refractivity contribution in [3.63, 3.8) is 0 Å². The van der Waals surface area contributed by atoms with Crippen molar-refractivity contribution in [3.05, 3.63) is 41.0 Å². The van der Waals surface area contributed by atoms with Crippen molar-refractivity contribution in [3.8, 4) is 0 Å². The molecule has 1 aliphatic carbocycles. The van der Waals surface area contributed by atoms with Crippen molar-refractivity contribution in [1.82, 2.24) is 5.32 Å². The lowest BCUT2D eigenvalue weighted by Gasteiger charge is -2.14. The molecule has 4 heteroatoms. The zero-order valence-corrected chi connectivity index (χ0v) is 9.00. The van der Waals surface area contributed by atoms with Crippen molar-refractivity contribution in [2.75, 3.05) is 0 Å². The van der Waals surface area contributed by atoms with E-state index in [1.54, 1.807) is 6.07 Å². The van der Waals surface area contributed by atoms with E-state index in [1.807, 2.05) is 0 Å². The second-order valence-electron chi connectivity index (χ2n) is 4.22. The Morgan fingerprint density at radius 3 is 2.00 bits per heavy atom. The predicted octanol–water partition coefficient (Wildman–Crippen LogP) is 1.56. The smallest absolute Gasteiger partial charge is 0.256 e. The molecule has 0 unspecified atom stereocenters. The number of rotatable bonds is 0. The first kappa shape index (κ1) is 9.96. The van der Waals surface area contributed by atoms with E-state index in [0.29, 0.717) is 28.0 Å². The summed E-state index contributed by atoms with van der Waals surface area (Å²) in [5.74, 6) is -0.388. The third-order valence-electron chi connectivity index (χ3n) is 3.17. The molecule has 1 aromatic rings. The van der Waals surface area contributed by atoms with Gasteiger partial charge in [-0.1, -0.05) is 6.58 Å². The van der Waals surface area contributed by atoms with E-state index >= 15 is 0 Å². The summed E-state index contributed by atoms with van der Waals surface area (Å²) in [5.41, 5.74) is 2.31. The van der Waals surface area contributed by atoms with Gasteiger partial charge in [0.15, 0.2) is 11.6 Å². The van der Waals surface area contributed by atoms with Gasteiger partial charge in [-0.3, -0.25) is 14.4 Å². The van der Waals surface area contributed by atoms with Gasteiger partial charge in [0, 0.05) is 40.8 Å². The topological polar surface area (TPSA) is 63.2 Å². The summed E-state index contributed by atoms with van der Waals surface area (Å²) >= 11 is 0. The fourth-order valence-corrected chi connectivity index (χ4v) is 2.27. The Morgan fingerprint density at radius 2 is 1.41 bits per heavy atom. The number of fused-ring (bicyclic) bond motifs is 2. The number of nitrogens with one attached hydrogen (secondary N) is 1. The van der Waals surface area contributed by atoms with Crippen LogP contribution in [0.5, 0.6) is 0 Å². The van der Waals surface area contributed by atoms with Crippen LogP contribution in [0, 0.1) is 0 Å². The van der Waals surface area contributed by atoms with Crippen LogP contribution in [-0.4, -0.2) is 17.5 Å². The summed E-state index contributed by atoms with van der Waals surface area (Å²) < 4.78 is 0. The molecule has 0 aromatic heterocycles. The molecule has 1 aliphatic heterocycles. The minimum absolute atomic E-state index is 0.0467. The largest absolute Gasteiger partial charge is 0.322 e. The Morgan fingerprint density at radius 1 is 0.882 bits per heavy atom. The lowest BCUT2D eigenvalue weighted by Crippen LogP contribution is -2.18. The van der Waals surface area contributed by atoms with Crippen LogP contribution in [0.15, 0.2) is 18.7 Å². The summed E-state index contributed by atoms with van der Waals surface area (Å²) in [6.07, 6.45) is 0.478. The molecule has 84 valence electrons. The number of Topliss-reactive ketones (excluding diaryl/α,β-unsaturated/α-hetero) is 2. The number of ketones is 2. The molecule has 0 fully saturated rings. The first-order chi connectivity index (χ1) is 8.08. The Hall–Kier alpha value is -2.23. The monoisotopic (exact) mass is 227 g/mol. The van der Waals surface area contributed by atoms with Gasteiger partial charge >= 0.3 is 0 Å². The van der Waals surface area contributed by atoms with Gasteiger partial charge in [-0.05, 0) is 12.1 Å². The highest BCUT2D eigenvalue weighted by atomic mass is 16.2. The van der Waals surface area contributed by atoms with Crippen molar-refractivity contribution in [2.24, 2.45) is 0 Å². The van der Waals surface area contributed by atoms with Crippen LogP contribution in [-0.2, 0) is 0 Å². The molecule has 1 amide bonds. The summed E-state index contributed by atoms with van der Waals surface area (Å²) in [6.45, 7) is 3.71. The predicted molar refractivity (Wildman–Crippen MR) is 60.8 cm³/mol. The van der Waals surface area contributed by atoms with E-state index in [4.69, 9.17) is 0 Å². The zero-order valence-electron chi connectivity index (χ0n) is 9.00. The third-order valence-corrected chi connectivity index (χ3v) is 3.17. The molecule has 3 rings (SSSR count). The van der Waals surface area contributed by atoms with Crippen molar-refractivity contribution < 1.29 is 14.4 Å². The van der Waals surface area contributed by atoms with Crippen LogP contribution in [0.3, 0.4) is 0 Å². The van der Waals surface area contributed by atoms with Gasteiger partial charge in [0.1, 0.15) is 0 Å². The molecule has 2 aliphatic rings. The number of amides is 1. The van der Waals surface area contributed by atoms with E-state index < -0.39 is 0 Å². The molecule has 0 radical (unpaired) electrons. The van der Waals surface area contributed by atoms with Gasteiger partial charge in [-0.15, -0.1) is 0 Å². The van der Waals surface area contributed by atoms with Gasteiger partial charge < -0.3 is 5.32 Å². The molecule has 1 heterocycles. The molecule has 17 heavy (non-hydrogen) atoms. The SMILES string of the molecule is C=C1NC(=O)c2cc3c(cc21)C(=O)CCC3=O. The molecule has 0 saturated carbocycles. The van der Waals surface area contributed by atoms with Gasteiger partial charge in [0.25, 0.3) is 5.91 Å². The lowest BCUT2D eigenvalue weighted by atomic mass is 9.86. The summed E-state index contributed by atoms with van der Waals surface area (Å²) in [7, 11) is 0. The Kier molecular flexibility index (Phi) is 1.84. The van der Waals surface area contributed by atoms with Gasteiger partial charge in [0.05, 0.1) is 0 Å². The van der Waals surface area contributed by atoms with E-state index in [-0.39, 0.29) is 30.3 Å². The fraction of sp³-hybridized carbons (Fsp3) is 0.154. The number of carbonyl (C=O) groups is 3. The first-order valence-electron chi connectivity index (χ1n) is 5.33. The number of hydrogen-bond donors (Lipinski definition) is 1. The Bertz CT molecular complexity index is 560. The molecular weight excluding hydrogens is 218 g/mol. The van der Waals surface area contributed by atoms with Crippen molar-refractivity contribution >= 4 is 23.2 Å². The van der Waals surface area contributed by atoms with Crippen LogP contribution < -0.4 is 5.32 Å². The molecule has 0 bridgehead atoms. The summed E-state index contributed by atoms with van der Waals surface area (Å²) in [4.78, 5) is 35.0. The maximum absolute atomic E-state index is 11.7. The van der Waals surface area contributed by atoms with Gasteiger partial charge in [-0.2, -0.15) is 0 Å². The van der Waals surface area contributed by atoms with Crippen LogP contribution in [0.4, 0.5) is 0 Å². The maximum atomic E-state index is 11.7. The number of benzene rings is 1. The highest BCUT2D eigenvalue weighted by Crippen LogP contribution is 2.30. The second kappa shape index (κ2) is 3.13. The quantitative estimate of drug-likeness (QED) is 0.731. The minimum Gasteiger partial charge on any atom is -0.322 e. The van der Waals surface area contributed by atoms with Crippen LogP contribution in [0.2, 0.25) is 0 Å². The number of carbonyl (C=O) groups excluding carboxylic acids is 3. The molecule has 1 aromatic carbocycles. The molecule has 1 N–H and O–H groups in total. The van der Waals surface area contributed by atoms with Gasteiger partial charge in [0.2, 0.25) is 0 Å². The van der Waals surface area contributed by atoms with Crippen molar-refractivity contribution in [1.29, 1.82) is 0 Å². The summed E-state index contributed by atoms with van der Waals surface area (Å²) in [5, 5.41) is 2.58. The molecular formula is C13H9NO3. The van der Waals surface area contributed by atoms with E-state index in [9.17, 15) is 14.4 Å². The van der Waals surface area contributed by atoms with Gasteiger partial charge in [-0.25, -0.2) is 0 Å². The highest BCUT2D eigenvalue weighted by Gasteiger charge is 2.30. The zero-order chi connectivity index (χ0) is 12.2. The van der Waals surface area contributed by atoms with Crippen LogP contribution in [0.1, 0.15) is 49.5 Å². The van der Waals surface area contributed by atoms with Crippen LogP contribution >= 0.6 is 0 Å². The standard InChI is InChI=1S/C13H9NO3/c1-6-7-4-8-9(5-10(7)13(17)14-6)12(16)3-2-11(8)15/h4-5H,1-3H2,(H,14,17). The molecule has 0 atom stereocenters. The summed E-state index contributed by atoms with van der Waals surface area (Å²) in [6, 6.07) is 3.11. The average molecular weight is 227 g/mol. The Balaban J connectivity index is 2.31. The molecule has 0 spiro atoms. The Labute approximate surface area is 97.3 Å². The minimum atomic E-state index is -0.265. The third kappa shape index (κ3) is 1.27. The average Bonchev–Trinajstić information content (AvgIpc) is 2.58. The molecule has 4 nitrogen and oxygen atoms in total. The normalized spacial score (nSPS) is 17.9. The second-order valence-corrected chi connectivity index (χ2v) is 4.22. The van der Waals surface area contributed by atoms with E-state index in [1.165, 1.54) is 6.07 Å². The van der Waals surface area contributed by atoms with Crippen LogP contribution in [0.25, 0.3) is 5.70 Å². The maximum Gasteiger partial charge on any atom is 0.256 e. The van der Waals surface area contributed by atoms with Crippen molar-refractivity contribution in [2.45, 2.75) is 12.8 Å². The fourth-order valence-electron chi connectivity index (χ4n) is 2.27. The molecule has 0 saturated heterocycles. The first-order valence-corrected chi connectivity index (χ1v) is 5.33. The van der Waals surface area contributed by atoms with E-state index in [0.717, 1.165) is 0 Å². The highest BCUT2D eigenvalue weighted by molar-refractivity contribution is 6.17. The van der Waals surface area contributed by atoms with E-state index in [2.05, 4.69) is 11.9 Å².